The third kappa shape index (κ3) is 4.47. The van der Waals surface area contributed by atoms with Crippen LogP contribution in [0.25, 0.3) is 0 Å². The molecule has 2 atom stereocenters. The van der Waals surface area contributed by atoms with E-state index in [1.165, 1.54) is 25.7 Å². The number of hydrogen-bond acceptors (Lipinski definition) is 2. The maximum atomic E-state index is 5.50. The van der Waals surface area contributed by atoms with Crippen LogP contribution in [0.2, 0.25) is 0 Å². The first-order valence-corrected chi connectivity index (χ1v) is 6.50. The Morgan fingerprint density at radius 1 is 1.40 bits per heavy atom. The average molecular weight is 228 g/mol. The summed E-state index contributed by atoms with van der Waals surface area (Å²) in [5, 5.41) is 0. The first kappa shape index (κ1) is 12.9. The van der Waals surface area contributed by atoms with E-state index >= 15 is 0 Å². The summed E-state index contributed by atoms with van der Waals surface area (Å²) in [6.45, 7) is 3.51. The summed E-state index contributed by atoms with van der Waals surface area (Å²) < 4.78 is 0. The van der Waals surface area contributed by atoms with E-state index in [9.17, 15) is 0 Å². The molecule has 88 valence electrons. The number of hydrogen-bond donors (Lipinski definition) is 1. The molecule has 2 unspecified atom stereocenters. The SMILES string of the molecule is CC1CCCCC1N(C)CCCC(N)=S. The highest BCUT2D eigenvalue weighted by Crippen LogP contribution is 2.27. The molecule has 1 saturated carbocycles. The molecule has 1 rings (SSSR count). The van der Waals surface area contributed by atoms with Crippen LogP contribution in [-0.2, 0) is 0 Å². The van der Waals surface area contributed by atoms with Crippen molar-refractivity contribution in [3.8, 4) is 0 Å². The third-order valence-corrected chi connectivity index (χ3v) is 3.77. The van der Waals surface area contributed by atoms with Crippen LogP contribution >= 0.6 is 12.2 Å². The van der Waals surface area contributed by atoms with Crippen molar-refractivity contribution in [1.29, 1.82) is 0 Å². The van der Waals surface area contributed by atoms with Crippen LogP contribution in [0.4, 0.5) is 0 Å². The zero-order valence-corrected chi connectivity index (χ0v) is 10.9. The topological polar surface area (TPSA) is 29.3 Å². The van der Waals surface area contributed by atoms with E-state index in [0.29, 0.717) is 4.99 Å². The van der Waals surface area contributed by atoms with Gasteiger partial charge in [-0.15, -0.1) is 0 Å². The Bertz CT molecular complexity index is 206. The Morgan fingerprint density at radius 3 is 2.67 bits per heavy atom. The summed E-state index contributed by atoms with van der Waals surface area (Å²) in [5.41, 5.74) is 5.50. The summed E-state index contributed by atoms with van der Waals surface area (Å²) in [7, 11) is 2.24. The average Bonchev–Trinajstić information content (AvgIpc) is 2.17. The third-order valence-electron chi connectivity index (χ3n) is 3.57. The minimum absolute atomic E-state index is 0.653. The second kappa shape index (κ2) is 6.44. The first-order valence-electron chi connectivity index (χ1n) is 6.10. The van der Waals surface area contributed by atoms with Gasteiger partial charge in [-0.3, -0.25) is 0 Å². The molecule has 1 aliphatic carbocycles. The molecule has 15 heavy (non-hydrogen) atoms. The van der Waals surface area contributed by atoms with E-state index in [1.54, 1.807) is 0 Å². The van der Waals surface area contributed by atoms with Crippen molar-refractivity contribution in [2.24, 2.45) is 11.7 Å². The van der Waals surface area contributed by atoms with Gasteiger partial charge in [0, 0.05) is 6.04 Å². The zero-order chi connectivity index (χ0) is 11.3. The quantitative estimate of drug-likeness (QED) is 0.733. The monoisotopic (exact) mass is 228 g/mol. The van der Waals surface area contributed by atoms with Crippen molar-refractivity contribution in [2.75, 3.05) is 13.6 Å². The second-order valence-corrected chi connectivity index (χ2v) is 5.40. The van der Waals surface area contributed by atoms with Crippen molar-refractivity contribution < 1.29 is 0 Å². The Labute approximate surface area is 99.2 Å². The van der Waals surface area contributed by atoms with Gasteiger partial charge in [-0.25, -0.2) is 0 Å². The van der Waals surface area contributed by atoms with Crippen LogP contribution in [-0.4, -0.2) is 29.5 Å². The zero-order valence-electron chi connectivity index (χ0n) is 10.0. The van der Waals surface area contributed by atoms with Gasteiger partial charge in [-0.1, -0.05) is 32.0 Å². The molecule has 0 aliphatic heterocycles. The number of rotatable bonds is 5. The Hall–Kier alpha value is -0.150. The van der Waals surface area contributed by atoms with E-state index in [1.807, 2.05) is 0 Å². The van der Waals surface area contributed by atoms with Gasteiger partial charge in [0.15, 0.2) is 0 Å². The molecule has 0 aromatic rings. The highest BCUT2D eigenvalue weighted by Gasteiger charge is 2.24. The second-order valence-electron chi connectivity index (χ2n) is 4.88. The smallest absolute Gasteiger partial charge is 0.0727 e. The normalized spacial score (nSPS) is 26.9. The van der Waals surface area contributed by atoms with Gasteiger partial charge in [0.1, 0.15) is 0 Å². The summed E-state index contributed by atoms with van der Waals surface area (Å²) in [4.78, 5) is 3.15. The molecule has 0 aromatic heterocycles. The van der Waals surface area contributed by atoms with Crippen molar-refractivity contribution in [1.82, 2.24) is 4.90 Å². The standard InChI is InChI=1S/C12H24N2S/c1-10-6-3-4-7-11(10)14(2)9-5-8-12(13)15/h10-11H,3-9H2,1-2H3,(H2,13,15). The molecule has 0 heterocycles. The summed E-state index contributed by atoms with van der Waals surface area (Å²) >= 11 is 4.89. The first-order chi connectivity index (χ1) is 7.11. The summed E-state index contributed by atoms with van der Waals surface area (Å²) in [6.07, 6.45) is 7.57. The van der Waals surface area contributed by atoms with Crippen molar-refractivity contribution in [3.63, 3.8) is 0 Å². The lowest BCUT2D eigenvalue weighted by Crippen LogP contribution is -2.39. The fraction of sp³-hybridized carbons (Fsp3) is 0.917. The van der Waals surface area contributed by atoms with E-state index in [0.717, 1.165) is 31.3 Å². The van der Waals surface area contributed by atoms with Crippen molar-refractivity contribution in [2.45, 2.75) is 51.5 Å². The van der Waals surface area contributed by atoms with Crippen LogP contribution in [0.3, 0.4) is 0 Å². The van der Waals surface area contributed by atoms with E-state index < -0.39 is 0 Å². The molecule has 2 nitrogen and oxygen atoms in total. The predicted octanol–water partition coefficient (Wildman–Crippen LogP) is 2.56. The lowest BCUT2D eigenvalue weighted by Gasteiger charge is -2.36. The molecule has 1 aliphatic rings. The molecule has 0 amide bonds. The van der Waals surface area contributed by atoms with E-state index in [4.69, 9.17) is 18.0 Å². The Morgan fingerprint density at radius 2 is 2.07 bits per heavy atom. The van der Waals surface area contributed by atoms with Crippen LogP contribution in [0.15, 0.2) is 0 Å². The van der Waals surface area contributed by atoms with Gasteiger partial charge in [0.05, 0.1) is 4.99 Å². The largest absolute Gasteiger partial charge is 0.393 e. The molecular weight excluding hydrogens is 204 g/mol. The molecule has 3 heteroatoms. The highest BCUT2D eigenvalue weighted by molar-refractivity contribution is 7.80. The molecule has 2 N–H and O–H groups in total. The summed E-state index contributed by atoms with van der Waals surface area (Å²) in [6, 6.07) is 0.782. The molecule has 0 saturated heterocycles. The maximum Gasteiger partial charge on any atom is 0.0727 e. The lowest BCUT2D eigenvalue weighted by atomic mass is 9.85. The van der Waals surface area contributed by atoms with Gasteiger partial charge < -0.3 is 10.6 Å². The Kier molecular flexibility index (Phi) is 5.54. The molecule has 0 spiro atoms. The van der Waals surface area contributed by atoms with Crippen molar-refractivity contribution in [3.05, 3.63) is 0 Å². The lowest BCUT2D eigenvalue weighted by molar-refractivity contribution is 0.139. The molecule has 0 aromatic carbocycles. The van der Waals surface area contributed by atoms with E-state index in [2.05, 4.69) is 18.9 Å². The van der Waals surface area contributed by atoms with Gasteiger partial charge in [-0.05, 0) is 45.2 Å². The minimum atomic E-state index is 0.653. The molecule has 0 radical (unpaired) electrons. The van der Waals surface area contributed by atoms with Crippen LogP contribution in [0.5, 0.6) is 0 Å². The molecule has 0 bridgehead atoms. The number of thiocarbonyl (C=S) groups is 1. The van der Waals surface area contributed by atoms with Crippen LogP contribution < -0.4 is 5.73 Å². The van der Waals surface area contributed by atoms with Gasteiger partial charge in [-0.2, -0.15) is 0 Å². The molecule has 1 fully saturated rings. The van der Waals surface area contributed by atoms with Gasteiger partial charge >= 0.3 is 0 Å². The predicted molar refractivity (Wildman–Crippen MR) is 70.1 cm³/mol. The fourth-order valence-electron chi connectivity index (χ4n) is 2.62. The Balaban J connectivity index is 2.25. The number of nitrogens with zero attached hydrogens (tertiary/aromatic N) is 1. The van der Waals surface area contributed by atoms with Crippen LogP contribution in [0.1, 0.15) is 45.4 Å². The molecular formula is C12H24N2S. The number of nitrogens with two attached hydrogens (primary N) is 1. The minimum Gasteiger partial charge on any atom is -0.393 e. The van der Waals surface area contributed by atoms with Gasteiger partial charge in [0.2, 0.25) is 0 Å². The fourth-order valence-corrected chi connectivity index (χ4v) is 2.76. The van der Waals surface area contributed by atoms with Crippen LogP contribution in [0, 0.1) is 5.92 Å². The summed E-state index contributed by atoms with van der Waals surface area (Å²) in [5.74, 6) is 0.855. The maximum absolute atomic E-state index is 5.50. The van der Waals surface area contributed by atoms with Crippen molar-refractivity contribution >= 4 is 17.2 Å². The van der Waals surface area contributed by atoms with E-state index in [-0.39, 0.29) is 0 Å². The highest BCUT2D eigenvalue weighted by atomic mass is 32.1. The van der Waals surface area contributed by atoms with Gasteiger partial charge in [0.25, 0.3) is 0 Å².